The quantitative estimate of drug-likeness (QED) is 0.773. The van der Waals surface area contributed by atoms with E-state index in [4.69, 9.17) is 4.42 Å². The number of hydrogen-bond acceptors (Lipinski definition) is 3. The van der Waals surface area contributed by atoms with E-state index in [1.54, 1.807) is 12.1 Å². The molecule has 0 fully saturated rings. The van der Waals surface area contributed by atoms with Crippen LogP contribution in [0.1, 0.15) is 15.2 Å². The Bertz CT molecular complexity index is 473. The van der Waals surface area contributed by atoms with Gasteiger partial charge in [-0.15, -0.1) is 11.3 Å². The van der Waals surface area contributed by atoms with Gasteiger partial charge in [0.05, 0.1) is 20.5 Å². The number of carbonyl (C=O) groups excluding carboxylic acids is 1. The number of rotatable bonds is 2. The Morgan fingerprint density at radius 2 is 2.07 bits per heavy atom. The van der Waals surface area contributed by atoms with Crippen LogP contribution < -0.4 is 0 Å². The molecular formula is C9H4Br2O2S. The average molecular weight is 336 g/mol. The van der Waals surface area contributed by atoms with Crippen molar-refractivity contribution in [2.45, 2.75) is 0 Å². The molecule has 5 heteroatoms. The molecule has 0 N–H and O–H groups in total. The van der Waals surface area contributed by atoms with Crippen LogP contribution in [-0.4, -0.2) is 5.78 Å². The van der Waals surface area contributed by atoms with Gasteiger partial charge in [-0.25, -0.2) is 0 Å². The fourth-order valence-electron chi connectivity index (χ4n) is 1.02. The van der Waals surface area contributed by atoms with E-state index in [1.807, 2.05) is 6.07 Å². The lowest BCUT2D eigenvalue weighted by molar-refractivity contribution is 0.104. The Hall–Kier alpha value is -0.390. The van der Waals surface area contributed by atoms with Crippen molar-refractivity contribution in [2.24, 2.45) is 0 Å². The molecule has 2 aromatic heterocycles. The molecule has 0 radical (unpaired) electrons. The summed E-state index contributed by atoms with van der Waals surface area (Å²) in [6.07, 6.45) is 1.49. The third kappa shape index (κ3) is 1.85. The van der Waals surface area contributed by atoms with E-state index in [1.165, 1.54) is 17.6 Å². The minimum Gasteiger partial charge on any atom is -0.457 e. The summed E-state index contributed by atoms with van der Waals surface area (Å²) in [7, 11) is 0. The molecule has 0 aliphatic carbocycles. The van der Waals surface area contributed by atoms with Gasteiger partial charge in [0.2, 0.25) is 5.78 Å². The lowest BCUT2D eigenvalue weighted by Gasteiger charge is -1.92. The highest BCUT2D eigenvalue weighted by Gasteiger charge is 2.16. The zero-order valence-corrected chi connectivity index (χ0v) is 10.8. The smallest absolute Gasteiger partial charge is 0.207 e. The highest BCUT2D eigenvalue weighted by molar-refractivity contribution is 9.11. The molecule has 0 bridgehead atoms. The van der Waals surface area contributed by atoms with E-state index in [-0.39, 0.29) is 5.78 Å². The molecule has 0 aromatic carbocycles. The van der Waals surface area contributed by atoms with Gasteiger partial charge in [-0.3, -0.25) is 4.79 Å². The minimum atomic E-state index is -0.0266. The third-order valence-electron chi connectivity index (χ3n) is 1.66. The molecule has 2 rings (SSSR count). The van der Waals surface area contributed by atoms with Gasteiger partial charge < -0.3 is 4.42 Å². The van der Waals surface area contributed by atoms with E-state index in [2.05, 4.69) is 31.9 Å². The standard InChI is InChI=1S/C9H4Br2O2S/c10-7-2-1-6(14-7)8(12)5-3-4-13-9(5)11/h1-4H. The van der Waals surface area contributed by atoms with Crippen molar-refractivity contribution < 1.29 is 9.21 Å². The first-order valence-electron chi connectivity index (χ1n) is 3.71. The number of furan rings is 1. The molecule has 0 saturated heterocycles. The molecule has 0 atom stereocenters. The third-order valence-corrected chi connectivity index (χ3v) is 3.90. The van der Waals surface area contributed by atoms with Crippen molar-refractivity contribution in [2.75, 3.05) is 0 Å². The molecule has 0 spiro atoms. The van der Waals surface area contributed by atoms with Crippen LogP contribution in [0.25, 0.3) is 0 Å². The first-order valence-corrected chi connectivity index (χ1v) is 6.12. The summed E-state index contributed by atoms with van der Waals surface area (Å²) < 4.78 is 6.43. The van der Waals surface area contributed by atoms with Crippen molar-refractivity contribution in [3.63, 3.8) is 0 Å². The normalized spacial score (nSPS) is 10.4. The SMILES string of the molecule is O=C(c1ccc(Br)s1)c1ccoc1Br. The lowest BCUT2D eigenvalue weighted by Crippen LogP contribution is -1.96. The van der Waals surface area contributed by atoms with Crippen molar-refractivity contribution in [1.29, 1.82) is 0 Å². The van der Waals surface area contributed by atoms with Crippen molar-refractivity contribution >= 4 is 49.0 Å². The van der Waals surface area contributed by atoms with Crippen LogP contribution in [0.2, 0.25) is 0 Å². The van der Waals surface area contributed by atoms with E-state index in [9.17, 15) is 4.79 Å². The molecule has 72 valence electrons. The van der Waals surface area contributed by atoms with Crippen LogP contribution in [0.4, 0.5) is 0 Å². The molecule has 0 unspecified atom stereocenters. The van der Waals surface area contributed by atoms with Crippen molar-refractivity contribution in [3.8, 4) is 0 Å². The molecule has 0 aliphatic rings. The summed E-state index contributed by atoms with van der Waals surface area (Å²) in [5, 5.41) is 0. The Balaban J connectivity index is 2.38. The van der Waals surface area contributed by atoms with E-state index in [0.717, 1.165) is 3.79 Å². The summed E-state index contributed by atoms with van der Waals surface area (Å²) in [6, 6.07) is 5.29. The van der Waals surface area contributed by atoms with Gasteiger partial charge in [-0.2, -0.15) is 0 Å². The van der Waals surface area contributed by atoms with Crippen molar-refractivity contribution in [1.82, 2.24) is 0 Å². The summed E-state index contributed by atoms with van der Waals surface area (Å²) in [4.78, 5) is 12.5. The van der Waals surface area contributed by atoms with Gasteiger partial charge in [-0.05, 0) is 50.1 Å². The molecule has 2 aromatic rings. The summed E-state index contributed by atoms with van der Waals surface area (Å²) in [5.74, 6) is -0.0266. The van der Waals surface area contributed by atoms with Gasteiger partial charge in [0.15, 0.2) is 4.67 Å². The van der Waals surface area contributed by atoms with Gasteiger partial charge in [0.1, 0.15) is 0 Å². The molecule has 0 amide bonds. The monoisotopic (exact) mass is 334 g/mol. The number of hydrogen-bond donors (Lipinski definition) is 0. The van der Waals surface area contributed by atoms with Crippen LogP contribution in [0.3, 0.4) is 0 Å². The maximum Gasteiger partial charge on any atom is 0.207 e. The molecule has 2 nitrogen and oxygen atoms in total. The summed E-state index contributed by atoms with van der Waals surface area (Å²) in [5.41, 5.74) is 0.555. The fourth-order valence-corrected chi connectivity index (χ4v) is 2.79. The average Bonchev–Trinajstić information content (AvgIpc) is 2.73. The molecule has 0 aliphatic heterocycles. The first-order chi connectivity index (χ1) is 6.68. The molecule has 14 heavy (non-hydrogen) atoms. The Labute approximate surface area is 101 Å². The highest BCUT2D eigenvalue weighted by Crippen LogP contribution is 2.27. The van der Waals surface area contributed by atoms with Gasteiger partial charge >= 0.3 is 0 Å². The second kappa shape index (κ2) is 4.00. The molecule has 2 heterocycles. The van der Waals surface area contributed by atoms with Gasteiger partial charge in [0.25, 0.3) is 0 Å². The minimum absolute atomic E-state index is 0.0266. The molecule has 0 saturated carbocycles. The van der Waals surface area contributed by atoms with E-state index >= 15 is 0 Å². The van der Waals surface area contributed by atoms with Crippen molar-refractivity contribution in [3.05, 3.63) is 43.4 Å². The van der Waals surface area contributed by atoms with Gasteiger partial charge in [0, 0.05) is 0 Å². The number of carbonyl (C=O) groups is 1. The maximum absolute atomic E-state index is 11.8. The number of thiophene rings is 1. The predicted octanol–water partition coefficient (Wildman–Crippen LogP) is 4.10. The second-order valence-electron chi connectivity index (χ2n) is 2.54. The van der Waals surface area contributed by atoms with Crippen LogP contribution in [-0.2, 0) is 0 Å². The predicted molar refractivity (Wildman–Crippen MR) is 61.9 cm³/mol. The van der Waals surface area contributed by atoms with Crippen LogP contribution in [0.5, 0.6) is 0 Å². The second-order valence-corrected chi connectivity index (χ2v) is 5.72. The highest BCUT2D eigenvalue weighted by atomic mass is 79.9. The largest absolute Gasteiger partial charge is 0.457 e. The maximum atomic E-state index is 11.8. The fraction of sp³-hybridized carbons (Fsp3) is 0. The first kappa shape index (κ1) is 10.1. The van der Waals surface area contributed by atoms with Crippen LogP contribution in [0.15, 0.2) is 37.3 Å². The number of halogens is 2. The van der Waals surface area contributed by atoms with Gasteiger partial charge in [-0.1, -0.05) is 0 Å². The summed E-state index contributed by atoms with van der Waals surface area (Å²) >= 11 is 7.90. The Morgan fingerprint density at radius 1 is 1.29 bits per heavy atom. The zero-order valence-electron chi connectivity index (χ0n) is 6.79. The van der Waals surface area contributed by atoms with E-state index in [0.29, 0.717) is 15.1 Å². The Kier molecular flexibility index (Phi) is 2.90. The zero-order chi connectivity index (χ0) is 10.1. The van der Waals surface area contributed by atoms with E-state index < -0.39 is 0 Å². The molecular weight excluding hydrogens is 332 g/mol. The van der Waals surface area contributed by atoms with Crippen LogP contribution in [0, 0.1) is 0 Å². The van der Waals surface area contributed by atoms with Crippen LogP contribution >= 0.6 is 43.2 Å². The summed E-state index contributed by atoms with van der Waals surface area (Å²) in [6.45, 7) is 0. The number of ketones is 1. The topological polar surface area (TPSA) is 30.2 Å². The lowest BCUT2D eigenvalue weighted by atomic mass is 10.2. The Morgan fingerprint density at radius 3 is 2.57 bits per heavy atom.